The largest absolute Gasteiger partial charge is 0.317 e. The van der Waals surface area contributed by atoms with E-state index < -0.39 is 0 Å². The van der Waals surface area contributed by atoms with Crippen molar-refractivity contribution in [3.8, 4) is 0 Å². The van der Waals surface area contributed by atoms with Crippen molar-refractivity contribution >= 4 is 0 Å². The van der Waals surface area contributed by atoms with E-state index in [4.69, 9.17) is 0 Å². The zero-order valence-corrected chi connectivity index (χ0v) is 12.6. The summed E-state index contributed by atoms with van der Waals surface area (Å²) in [5.41, 5.74) is 0. The highest BCUT2D eigenvalue weighted by molar-refractivity contribution is 4.51. The van der Waals surface area contributed by atoms with Crippen LogP contribution in [0.1, 0.15) is 85.0 Å². The Kier molecular flexibility index (Phi) is 14.0. The van der Waals surface area contributed by atoms with Gasteiger partial charge in [0, 0.05) is 0 Å². The molecular formula is C16H35N. The quantitative estimate of drug-likeness (QED) is 0.440. The minimum atomic E-state index is 0.894. The molecule has 0 unspecified atom stereocenters. The summed E-state index contributed by atoms with van der Waals surface area (Å²) in [4.78, 5) is 0. The predicted molar refractivity (Wildman–Crippen MR) is 79.6 cm³/mol. The number of unbranched alkanes of at least 4 members (excludes halogenated alkanes) is 7. The highest BCUT2D eigenvalue weighted by Crippen LogP contribution is 2.12. The molecule has 0 bridgehead atoms. The molecule has 0 aromatic rings. The Labute approximate surface area is 110 Å². The molecule has 0 aliphatic heterocycles. The van der Waals surface area contributed by atoms with E-state index in [1.54, 1.807) is 0 Å². The fourth-order valence-corrected chi connectivity index (χ4v) is 2.17. The summed E-state index contributed by atoms with van der Waals surface area (Å²) in [6, 6.07) is 0. The first-order valence-corrected chi connectivity index (χ1v) is 7.98. The van der Waals surface area contributed by atoms with Crippen molar-refractivity contribution in [2.24, 2.45) is 5.92 Å². The lowest BCUT2D eigenvalue weighted by molar-refractivity contribution is 0.505. The van der Waals surface area contributed by atoms with Gasteiger partial charge >= 0.3 is 0 Å². The smallest absolute Gasteiger partial charge is 0.00489 e. The summed E-state index contributed by atoms with van der Waals surface area (Å²) in [5, 5.41) is 3.46. The molecule has 1 N–H and O–H groups in total. The molecule has 0 aliphatic carbocycles. The molecule has 17 heavy (non-hydrogen) atoms. The Hall–Kier alpha value is -0.0400. The molecular weight excluding hydrogens is 206 g/mol. The fraction of sp³-hybridized carbons (Fsp3) is 1.00. The second-order valence-corrected chi connectivity index (χ2v) is 5.76. The highest BCUT2D eigenvalue weighted by Gasteiger charge is 1.95. The van der Waals surface area contributed by atoms with E-state index in [0.29, 0.717) is 0 Å². The van der Waals surface area contributed by atoms with Crippen LogP contribution in [0.4, 0.5) is 0 Å². The van der Waals surface area contributed by atoms with Crippen molar-refractivity contribution in [3.63, 3.8) is 0 Å². The second-order valence-electron chi connectivity index (χ2n) is 5.76. The third-order valence-corrected chi connectivity index (χ3v) is 3.31. The van der Waals surface area contributed by atoms with Gasteiger partial charge < -0.3 is 5.32 Å². The molecule has 1 nitrogen and oxygen atoms in total. The number of rotatable bonds is 13. The van der Waals surface area contributed by atoms with Crippen LogP contribution in [-0.4, -0.2) is 13.1 Å². The first kappa shape index (κ1) is 17.0. The standard InChI is InChI=1S/C16H35N/c1-4-14-17-15-12-10-8-6-5-7-9-11-13-16(2)3/h16-17H,4-15H2,1-3H3. The summed E-state index contributed by atoms with van der Waals surface area (Å²) >= 11 is 0. The average molecular weight is 241 g/mol. The third kappa shape index (κ3) is 16.0. The Morgan fingerprint density at radius 3 is 1.76 bits per heavy atom. The lowest BCUT2D eigenvalue weighted by atomic mass is 10.0. The average Bonchev–Trinajstić information content (AvgIpc) is 2.30. The van der Waals surface area contributed by atoms with Crippen LogP contribution in [0.15, 0.2) is 0 Å². The predicted octanol–water partition coefficient (Wildman–Crippen LogP) is 5.15. The van der Waals surface area contributed by atoms with Gasteiger partial charge in [0.2, 0.25) is 0 Å². The number of hydrogen-bond donors (Lipinski definition) is 1. The molecule has 0 saturated heterocycles. The first-order chi connectivity index (χ1) is 8.27. The molecule has 0 aromatic heterocycles. The van der Waals surface area contributed by atoms with Gasteiger partial charge in [-0.1, -0.05) is 72.1 Å². The molecule has 0 heterocycles. The van der Waals surface area contributed by atoms with Crippen LogP contribution in [-0.2, 0) is 0 Å². The summed E-state index contributed by atoms with van der Waals surface area (Å²) in [7, 11) is 0. The van der Waals surface area contributed by atoms with Crippen LogP contribution in [0.2, 0.25) is 0 Å². The van der Waals surface area contributed by atoms with Crippen LogP contribution < -0.4 is 5.32 Å². The summed E-state index contributed by atoms with van der Waals surface area (Å²) in [6.07, 6.45) is 14.2. The number of nitrogens with one attached hydrogen (secondary N) is 1. The van der Waals surface area contributed by atoms with E-state index >= 15 is 0 Å². The fourth-order valence-electron chi connectivity index (χ4n) is 2.17. The Bertz CT molecular complexity index is 131. The van der Waals surface area contributed by atoms with Crippen molar-refractivity contribution in [2.75, 3.05) is 13.1 Å². The van der Waals surface area contributed by atoms with Crippen molar-refractivity contribution in [2.45, 2.75) is 85.0 Å². The van der Waals surface area contributed by atoms with Gasteiger partial charge in [-0.2, -0.15) is 0 Å². The monoisotopic (exact) mass is 241 g/mol. The van der Waals surface area contributed by atoms with E-state index in [0.717, 1.165) is 5.92 Å². The van der Waals surface area contributed by atoms with Crippen molar-refractivity contribution < 1.29 is 0 Å². The minimum Gasteiger partial charge on any atom is -0.317 e. The van der Waals surface area contributed by atoms with Gasteiger partial charge in [-0.05, 0) is 31.8 Å². The summed E-state index contributed by atoms with van der Waals surface area (Å²) < 4.78 is 0. The van der Waals surface area contributed by atoms with Crippen molar-refractivity contribution in [1.82, 2.24) is 5.32 Å². The zero-order chi connectivity index (χ0) is 12.8. The van der Waals surface area contributed by atoms with Crippen LogP contribution in [0, 0.1) is 5.92 Å². The SMILES string of the molecule is CCCNCCCCCCCCCCC(C)C. The van der Waals surface area contributed by atoms with E-state index in [-0.39, 0.29) is 0 Å². The van der Waals surface area contributed by atoms with Crippen LogP contribution in [0.5, 0.6) is 0 Å². The van der Waals surface area contributed by atoms with Gasteiger partial charge in [0.1, 0.15) is 0 Å². The first-order valence-electron chi connectivity index (χ1n) is 7.98. The molecule has 1 heteroatoms. The van der Waals surface area contributed by atoms with Crippen LogP contribution in [0.3, 0.4) is 0 Å². The topological polar surface area (TPSA) is 12.0 Å². The molecule has 0 spiro atoms. The van der Waals surface area contributed by atoms with E-state index in [2.05, 4.69) is 26.1 Å². The van der Waals surface area contributed by atoms with Crippen molar-refractivity contribution in [1.29, 1.82) is 0 Å². The second kappa shape index (κ2) is 14.0. The Balaban J connectivity index is 2.89. The van der Waals surface area contributed by atoms with Gasteiger partial charge in [-0.15, -0.1) is 0 Å². The molecule has 0 amide bonds. The van der Waals surface area contributed by atoms with Gasteiger partial charge in [-0.25, -0.2) is 0 Å². The van der Waals surface area contributed by atoms with Gasteiger partial charge in [0.15, 0.2) is 0 Å². The zero-order valence-electron chi connectivity index (χ0n) is 12.6. The van der Waals surface area contributed by atoms with Gasteiger partial charge in [-0.3, -0.25) is 0 Å². The minimum absolute atomic E-state index is 0.894. The molecule has 0 saturated carbocycles. The Morgan fingerprint density at radius 1 is 0.706 bits per heavy atom. The van der Waals surface area contributed by atoms with E-state index in [9.17, 15) is 0 Å². The molecule has 0 aliphatic rings. The molecule has 0 aromatic carbocycles. The van der Waals surface area contributed by atoms with Gasteiger partial charge in [0.25, 0.3) is 0 Å². The molecule has 0 fully saturated rings. The molecule has 0 rings (SSSR count). The van der Waals surface area contributed by atoms with Crippen LogP contribution >= 0.6 is 0 Å². The maximum absolute atomic E-state index is 3.46. The lowest BCUT2D eigenvalue weighted by Crippen LogP contribution is -2.15. The molecule has 0 atom stereocenters. The van der Waals surface area contributed by atoms with Crippen molar-refractivity contribution in [3.05, 3.63) is 0 Å². The van der Waals surface area contributed by atoms with Gasteiger partial charge in [0.05, 0.1) is 0 Å². The number of hydrogen-bond acceptors (Lipinski definition) is 1. The van der Waals surface area contributed by atoms with E-state index in [1.807, 2.05) is 0 Å². The lowest BCUT2D eigenvalue weighted by Gasteiger charge is -2.05. The Morgan fingerprint density at radius 2 is 1.24 bits per heavy atom. The highest BCUT2D eigenvalue weighted by atomic mass is 14.8. The molecule has 104 valence electrons. The third-order valence-electron chi connectivity index (χ3n) is 3.31. The summed E-state index contributed by atoms with van der Waals surface area (Å²) in [5.74, 6) is 0.894. The maximum Gasteiger partial charge on any atom is -0.00489 e. The normalized spacial score (nSPS) is 11.3. The summed E-state index contributed by atoms with van der Waals surface area (Å²) in [6.45, 7) is 9.30. The maximum atomic E-state index is 3.46. The van der Waals surface area contributed by atoms with E-state index in [1.165, 1.54) is 77.3 Å². The van der Waals surface area contributed by atoms with Crippen LogP contribution in [0.25, 0.3) is 0 Å². The molecule has 0 radical (unpaired) electrons.